The number of nitrogens with two attached hydrogens (primary N) is 1. The van der Waals surface area contributed by atoms with E-state index < -0.39 is 24.0 Å². The lowest BCUT2D eigenvalue weighted by Crippen LogP contribution is -2.32. The second-order valence-corrected chi connectivity index (χ2v) is 3.74. The summed E-state index contributed by atoms with van der Waals surface area (Å²) in [4.78, 5) is 25.6. The zero-order valence-electron chi connectivity index (χ0n) is 9.18. The molecule has 1 aliphatic heterocycles. The lowest BCUT2D eigenvalue weighted by Gasteiger charge is -2.17. The summed E-state index contributed by atoms with van der Waals surface area (Å²) in [6.07, 6.45) is 0.102. The van der Waals surface area contributed by atoms with Crippen LogP contribution >= 0.6 is 0 Å². The molecule has 18 heavy (non-hydrogen) atoms. The zero-order valence-corrected chi connectivity index (χ0v) is 9.18. The number of ether oxygens (including phenoxy) is 1. The Bertz CT molecular complexity index is 565. The number of carboxylic acid groups (broad SMARTS) is 1. The molecule has 0 fully saturated rings. The molecule has 0 saturated carbocycles. The summed E-state index contributed by atoms with van der Waals surface area (Å²) in [5.41, 5.74) is 4.66. The quantitative estimate of drug-likeness (QED) is 0.635. The fourth-order valence-corrected chi connectivity index (χ4v) is 1.63. The van der Waals surface area contributed by atoms with E-state index in [9.17, 15) is 14.7 Å². The van der Waals surface area contributed by atoms with E-state index in [1.807, 2.05) is 0 Å². The van der Waals surface area contributed by atoms with Crippen molar-refractivity contribution in [3.05, 3.63) is 34.6 Å². The van der Waals surface area contributed by atoms with Crippen molar-refractivity contribution >= 4 is 11.8 Å². The number of aliphatic hydroxyl groups excluding tert-OH is 1. The highest BCUT2D eigenvalue weighted by atomic mass is 16.5. The standard InChI is InChI=1S/C10H11N3O5/c11-7-1-2-13(10(17)12-7)9-6(14)3-5(18-9)4-8(15)16/h1-3,6,9,14H,4H2,(H,15,16)(H2,11,12,17)/t6-,9-/m1/s1. The van der Waals surface area contributed by atoms with Gasteiger partial charge in [0.15, 0.2) is 0 Å². The molecule has 0 radical (unpaired) electrons. The van der Waals surface area contributed by atoms with Crippen molar-refractivity contribution in [3.63, 3.8) is 0 Å². The molecule has 2 rings (SSSR count). The molecule has 0 aromatic carbocycles. The van der Waals surface area contributed by atoms with Gasteiger partial charge in [0, 0.05) is 6.20 Å². The molecule has 0 unspecified atom stereocenters. The highest BCUT2D eigenvalue weighted by Crippen LogP contribution is 2.27. The second-order valence-electron chi connectivity index (χ2n) is 3.74. The van der Waals surface area contributed by atoms with E-state index >= 15 is 0 Å². The van der Waals surface area contributed by atoms with Gasteiger partial charge in [-0.1, -0.05) is 0 Å². The number of carbonyl (C=O) groups is 1. The fraction of sp³-hybridized carbons (Fsp3) is 0.300. The van der Waals surface area contributed by atoms with Crippen molar-refractivity contribution in [2.45, 2.75) is 18.8 Å². The van der Waals surface area contributed by atoms with Gasteiger partial charge in [0.25, 0.3) is 0 Å². The van der Waals surface area contributed by atoms with Crippen LogP contribution in [0.25, 0.3) is 0 Å². The monoisotopic (exact) mass is 253 g/mol. The molecule has 0 saturated heterocycles. The van der Waals surface area contributed by atoms with Gasteiger partial charge in [-0.05, 0) is 12.1 Å². The first-order valence-electron chi connectivity index (χ1n) is 5.09. The van der Waals surface area contributed by atoms with E-state index in [-0.39, 0.29) is 18.0 Å². The minimum Gasteiger partial charge on any atom is -0.481 e. The molecular weight excluding hydrogens is 242 g/mol. The van der Waals surface area contributed by atoms with Gasteiger partial charge < -0.3 is 20.7 Å². The number of aliphatic hydroxyl groups is 1. The average molecular weight is 253 g/mol. The Morgan fingerprint density at radius 2 is 2.33 bits per heavy atom. The molecule has 1 aromatic rings. The first kappa shape index (κ1) is 12.1. The van der Waals surface area contributed by atoms with E-state index in [1.54, 1.807) is 0 Å². The minimum atomic E-state index is -1.11. The summed E-state index contributed by atoms with van der Waals surface area (Å²) >= 11 is 0. The van der Waals surface area contributed by atoms with E-state index in [4.69, 9.17) is 15.6 Å². The number of aromatic nitrogens is 2. The van der Waals surface area contributed by atoms with E-state index in [0.29, 0.717) is 0 Å². The topological polar surface area (TPSA) is 128 Å². The van der Waals surface area contributed by atoms with Crippen LogP contribution in [0.5, 0.6) is 0 Å². The van der Waals surface area contributed by atoms with E-state index in [0.717, 1.165) is 4.57 Å². The zero-order chi connectivity index (χ0) is 13.3. The molecule has 1 aromatic heterocycles. The molecule has 0 spiro atoms. The average Bonchev–Trinajstić information content (AvgIpc) is 2.58. The number of rotatable bonds is 3. The highest BCUT2D eigenvalue weighted by Gasteiger charge is 2.30. The number of hydrogen-bond donors (Lipinski definition) is 3. The third kappa shape index (κ3) is 2.33. The van der Waals surface area contributed by atoms with Gasteiger partial charge in [-0.15, -0.1) is 0 Å². The summed E-state index contributed by atoms with van der Waals surface area (Å²) in [6.45, 7) is 0. The number of hydrogen-bond acceptors (Lipinski definition) is 6. The minimum absolute atomic E-state index is 0.0578. The molecule has 0 amide bonds. The van der Waals surface area contributed by atoms with Crippen LogP contribution in [0.4, 0.5) is 5.82 Å². The highest BCUT2D eigenvalue weighted by molar-refractivity contribution is 5.69. The van der Waals surface area contributed by atoms with Gasteiger partial charge >= 0.3 is 11.7 Å². The molecule has 1 aliphatic rings. The lowest BCUT2D eigenvalue weighted by atomic mass is 10.3. The van der Waals surface area contributed by atoms with Crippen LogP contribution in [0, 0.1) is 0 Å². The Hall–Kier alpha value is -2.35. The molecular formula is C10H11N3O5. The van der Waals surface area contributed by atoms with Crippen LogP contribution in [0.3, 0.4) is 0 Å². The molecule has 8 nitrogen and oxygen atoms in total. The van der Waals surface area contributed by atoms with Gasteiger partial charge in [-0.2, -0.15) is 4.98 Å². The van der Waals surface area contributed by atoms with Gasteiger partial charge in [-0.3, -0.25) is 9.36 Å². The maximum Gasteiger partial charge on any atom is 0.352 e. The number of nitrogen functional groups attached to an aromatic ring is 1. The Labute approximate surface area is 101 Å². The van der Waals surface area contributed by atoms with Crippen LogP contribution in [0.15, 0.2) is 28.9 Å². The number of anilines is 1. The molecule has 0 aliphatic carbocycles. The molecule has 2 heterocycles. The molecule has 8 heteroatoms. The largest absolute Gasteiger partial charge is 0.481 e. The van der Waals surface area contributed by atoms with Gasteiger partial charge in [0.1, 0.15) is 24.1 Å². The van der Waals surface area contributed by atoms with Crippen molar-refractivity contribution in [2.75, 3.05) is 5.73 Å². The van der Waals surface area contributed by atoms with Crippen molar-refractivity contribution in [2.24, 2.45) is 0 Å². The van der Waals surface area contributed by atoms with Crippen LogP contribution in [0.2, 0.25) is 0 Å². The Morgan fingerprint density at radius 3 is 2.94 bits per heavy atom. The third-order valence-electron chi connectivity index (χ3n) is 2.37. The van der Waals surface area contributed by atoms with Crippen molar-refractivity contribution < 1.29 is 19.7 Å². The maximum absolute atomic E-state index is 11.5. The predicted molar refractivity (Wildman–Crippen MR) is 59.4 cm³/mol. The first-order chi connectivity index (χ1) is 8.47. The Morgan fingerprint density at radius 1 is 1.61 bits per heavy atom. The van der Waals surface area contributed by atoms with Crippen molar-refractivity contribution in [1.82, 2.24) is 9.55 Å². The summed E-state index contributed by atoms with van der Waals surface area (Å²) in [5, 5.41) is 18.3. The lowest BCUT2D eigenvalue weighted by molar-refractivity contribution is -0.137. The van der Waals surface area contributed by atoms with Gasteiger partial charge in [0.05, 0.1) is 0 Å². The van der Waals surface area contributed by atoms with E-state index in [2.05, 4.69) is 4.98 Å². The SMILES string of the molecule is Nc1ccn([C@@H]2OC(CC(=O)O)=C[C@H]2O)c(=O)n1. The molecule has 0 bridgehead atoms. The number of nitrogens with zero attached hydrogens (tertiary/aromatic N) is 2. The van der Waals surface area contributed by atoms with Gasteiger partial charge in [0.2, 0.25) is 6.23 Å². The van der Waals surface area contributed by atoms with Crippen LogP contribution in [-0.4, -0.2) is 31.8 Å². The van der Waals surface area contributed by atoms with Gasteiger partial charge in [-0.25, -0.2) is 4.79 Å². The molecule has 4 N–H and O–H groups in total. The molecule has 2 atom stereocenters. The van der Waals surface area contributed by atoms with Crippen LogP contribution in [0.1, 0.15) is 12.6 Å². The summed E-state index contributed by atoms with van der Waals surface area (Å²) in [6, 6.07) is 1.38. The number of carboxylic acids is 1. The van der Waals surface area contributed by atoms with Crippen molar-refractivity contribution in [3.8, 4) is 0 Å². The second kappa shape index (κ2) is 4.49. The normalized spacial score (nSPS) is 22.4. The van der Waals surface area contributed by atoms with E-state index in [1.165, 1.54) is 18.3 Å². The predicted octanol–water partition coefficient (Wildman–Crippen LogP) is -0.926. The maximum atomic E-state index is 11.5. The summed E-state index contributed by atoms with van der Waals surface area (Å²) in [5.74, 6) is -0.928. The summed E-state index contributed by atoms with van der Waals surface area (Å²) < 4.78 is 6.25. The summed E-state index contributed by atoms with van der Waals surface area (Å²) in [7, 11) is 0. The third-order valence-corrected chi connectivity index (χ3v) is 2.37. The Balaban J connectivity index is 2.22. The smallest absolute Gasteiger partial charge is 0.352 e. The Kier molecular flexibility index (Phi) is 3.02. The number of aliphatic carboxylic acids is 1. The van der Waals surface area contributed by atoms with Crippen molar-refractivity contribution in [1.29, 1.82) is 0 Å². The van der Waals surface area contributed by atoms with Crippen LogP contribution < -0.4 is 11.4 Å². The first-order valence-corrected chi connectivity index (χ1v) is 5.09. The molecule has 96 valence electrons. The fourth-order valence-electron chi connectivity index (χ4n) is 1.63. The van der Waals surface area contributed by atoms with Crippen LogP contribution in [-0.2, 0) is 9.53 Å².